The van der Waals surface area contributed by atoms with Crippen molar-refractivity contribution in [3.05, 3.63) is 104 Å². The molecule has 1 heterocycles. The van der Waals surface area contributed by atoms with E-state index in [0.717, 1.165) is 0 Å². The Morgan fingerprint density at radius 1 is 1.05 bits per heavy atom. The molecule has 1 amide bonds. The summed E-state index contributed by atoms with van der Waals surface area (Å²) < 4.78 is 1.40. The summed E-state index contributed by atoms with van der Waals surface area (Å²) in [5.74, 6) is 0.0992. The standard InChI is InChI=1S/C27H26Cl3N5O2/c1-2-24(34(14-6-13-31)26(36)17-9-12-21(29)22(30)15-17)25-32-23-16-18(28)10-11-20(23)27(37)35(25)33-19-7-4-3-5-8-19/h3-5,7-12,15-16,24,33H,2,6,13-14,31H2,1H3. The van der Waals surface area contributed by atoms with Gasteiger partial charge >= 0.3 is 0 Å². The van der Waals surface area contributed by atoms with Crippen molar-refractivity contribution in [2.75, 3.05) is 18.5 Å². The van der Waals surface area contributed by atoms with Gasteiger partial charge in [-0.1, -0.05) is 59.9 Å². The average Bonchev–Trinajstić information content (AvgIpc) is 2.90. The summed E-state index contributed by atoms with van der Waals surface area (Å²) in [7, 11) is 0. The molecule has 37 heavy (non-hydrogen) atoms. The highest BCUT2D eigenvalue weighted by Gasteiger charge is 2.29. The van der Waals surface area contributed by atoms with E-state index < -0.39 is 6.04 Å². The minimum atomic E-state index is -0.569. The second-order valence-electron chi connectivity index (χ2n) is 8.44. The molecule has 3 N–H and O–H groups in total. The molecule has 0 saturated carbocycles. The lowest BCUT2D eigenvalue weighted by atomic mass is 10.1. The number of hydrogen-bond acceptors (Lipinski definition) is 5. The molecular formula is C27H26Cl3N5O2. The summed E-state index contributed by atoms with van der Waals surface area (Å²) >= 11 is 18.5. The van der Waals surface area contributed by atoms with Crippen LogP contribution in [0.15, 0.2) is 71.5 Å². The molecule has 1 atom stereocenters. The maximum Gasteiger partial charge on any atom is 0.280 e. The Hall–Kier alpha value is -3.10. The topological polar surface area (TPSA) is 93.2 Å². The largest absolute Gasteiger partial charge is 0.330 e. The van der Waals surface area contributed by atoms with Crippen LogP contribution in [0.25, 0.3) is 10.9 Å². The van der Waals surface area contributed by atoms with Crippen LogP contribution in [0.3, 0.4) is 0 Å². The van der Waals surface area contributed by atoms with Gasteiger partial charge in [-0.05, 0) is 67.9 Å². The summed E-state index contributed by atoms with van der Waals surface area (Å²) in [6, 6.07) is 18.4. The quantitative estimate of drug-likeness (QED) is 0.256. The van der Waals surface area contributed by atoms with Crippen LogP contribution in [0.4, 0.5) is 5.69 Å². The molecule has 0 aliphatic carbocycles. The molecule has 1 unspecified atom stereocenters. The third-order valence-electron chi connectivity index (χ3n) is 5.96. The summed E-state index contributed by atoms with van der Waals surface area (Å²) in [5.41, 5.74) is 10.2. The highest BCUT2D eigenvalue weighted by molar-refractivity contribution is 6.42. The minimum absolute atomic E-state index is 0.273. The molecule has 0 radical (unpaired) electrons. The van der Waals surface area contributed by atoms with Crippen molar-refractivity contribution in [2.24, 2.45) is 5.73 Å². The Balaban J connectivity index is 1.89. The molecule has 1 aromatic heterocycles. The predicted molar refractivity (Wildman–Crippen MR) is 151 cm³/mol. The molecule has 0 aliphatic heterocycles. The molecule has 7 nitrogen and oxygen atoms in total. The molecule has 0 bridgehead atoms. The zero-order valence-corrected chi connectivity index (χ0v) is 22.4. The molecule has 0 fully saturated rings. The maximum absolute atomic E-state index is 13.8. The summed E-state index contributed by atoms with van der Waals surface area (Å²) in [5, 5.41) is 1.49. The number of nitrogens with zero attached hydrogens (tertiary/aromatic N) is 3. The number of carbonyl (C=O) groups is 1. The third kappa shape index (κ3) is 5.91. The number of fused-ring (bicyclic) bond motifs is 1. The number of para-hydroxylation sites is 1. The molecule has 4 aromatic rings. The van der Waals surface area contributed by atoms with E-state index >= 15 is 0 Å². The third-order valence-corrected chi connectivity index (χ3v) is 6.94. The van der Waals surface area contributed by atoms with Gasteiger partial charge in [0.2, 0.25) is 0 Å². The van der Waals surface area contributed by atoms with E-state index in [2.05, 4.69) is 5.43 Å². The Kier molecular flexibility index (Phi) is 8.71. The van der Waals surface area contributed by atoms with Gasteiger partial charge in [-0.3, -0.25) is 15.0 Å². The second kappa shape index (κ2) is 12.0. The fourth-order valence-corrected chi connectivity index (χ4v) is 4.61. The number of hydrogen-bond donors (Lipinski definition) is 2. The molecule has 3 aromatic carbocycles. The average molecular weight is 559 g/mol. The zero-order valence-electron chi connectivity index (χ0n) is 20.1. The van der Waals surface area contributed by atoms with Crippen LogP contribution < -0.4 is 16.7 Å². The number of amides is 1. The molecule has 192 valence electrons. The first-order chi connectivity index (χ1) is 17.8. The fraction of sp³-hybridized carbons (Fsp3) is 0.222. The highest BCUT2D eigenvalue weighted by atomic mass is 35.5. The van der Waals surface area contributed by atoms with Gasteiger partial charge in [0.1, 0.15) is 0 Å². The van der Waals surface area contributed by atoms with Gasteiger partial charge in [0.15, 0.2) is 5.82 Å². The van der Waals surface area contributed by atoms with Crippen LogP contribution in [0.1, 0.15) is 42.0 Å². The molecular weight excluding hydrogens is 533 g/mol. The number of benzene rings is 3. The lowest BCUT2D eigenvalue weighted by Crippen LogP contribution is -2.41. The van der Waals surface area contributed by atoms with Crippen molar-refractivity contribution >= 4 is 57.3 Å². The van der Waals surface area contributed by atoms with E-state index in [1.807, 2.05) is 37.3 Å². The Morgan fingerprint density at radius 3 is 2.49 bits per heavy atom. The molecule has 0 saturated heterocycles. The normalized spacial score (nSPS) is 11.9. The summed E-state index contributed by atoms with van der Waals surface area (Å²) in [4.78, 5) is 34.0. The predicted octanol–water partition coefficient (Wildman–Crippen LogP) is 6.17. The Labute approximate surface area is 229 Å². The SMILES string of the molecule is CCC(c1nc2cc(Cl)ccc2c(=O)n1Nc1ccccc1)N(CCCN)C(=O)c1ccc(Cl)c(Cl)c1. The zero-order chi connectivity index (χ0) is 26.5. The van der Waals surface area contributed by atoms with Gasteiger partial charge in [-0.15, -0.1) is 0 Å². The van der Waals surface area contributed by atoms with E-state index in [-0.39, 0.29) is 16.5 Å². The van der Waals surface area contributed by atoms with Crippen molar-refractivity contribution in [2.45, 2.75) is 25.8 Å². The Bertz CT molecular complexity index is 1480. The lowest BCUT2D eigenvalue weighted by Gasteiger charge is -2.32. The lowest BCUT2D eigenvalue weighted by molar-refractivity contribution is 0.0657. The molecule has 10 heteroatoms. The number of nitrogens with one attached hydrogen (secondary N) is 1. The highest BCUT2D eigenvalue weighted by Crippen LogP contribution is 2.29. The van der Waals surface area contributed by atoms with Gasteiger partial charge in [0.25, 0.3) is 11.5 Å². The number of anilines is 1. The van der Waals surface area contributed by atoms with E-state index in [1.165, 1.54) is 10.7 Å². The molecule has 0 spiro atoms. The fourth-order valence-electron chi connectivity index (χ4n) is 4.15. The van der Waals surface area contributed by atoms with E-state index in [0.29, 0.717) is 64.0 Å². The van der Waals surface area contributed by atoms with Gasteiger partial charge < -0.3 is 10.6 Å². The number of halogens is 3. The second-order valence-corrected chi connectivity index (χ2v) is 9.69. The number of rotatable bonds is 9. The van der Waals surface area contributed by atoms with Gasteiger partial charge in [-0.2, -0.15) is 0 Å². The van der Waals surface area contributed by atoms with E-state index in [1.54, 1.807) is 35.2 Å². The van der Waals surface area contributed by atoms with Crippen molar-refractivity contribution < 1.29 is 4.79 Å². The molecule has 4 rings (SSSR count). The van der Waals surface area contributed by atoms with Crippen LogP contribution in [0.2, 0.25) is 15.1 Å². The first kappa shape index (κ1) is 26.9. The van der Waals surface area contributed by atoms with Crippen LogP contribution in [-0.2, 0) is 0 Å². The minimum Gasteiger partial charge on any atom is -0.330 e. The smallest absolute Gasteiger partial charge is 0.280 e. The van der Waals surface area contributed by atoms with Crippen LogP contribution in [0, 0.1) is 0 Å². The van der Waals surface area contributed by atoms with Gasteiger partial charge in [0.05, 0.1) is 32.7 Å². The number of carbonyl (C=O) groups excluding carboxylic acids is 1. The van der Waals surface area contributed by atoms with Crippen LogP contribution >= 0.6 is 34.8 Å². The summed E-state index contributed by atoms with van der Waals surface area (Å²) in [6.45, 7) is 2.67. The number of aromatic nitrogens is 2. The first-order valence-corrected chi connectivity index (χ1v) is 13.0. The van der Waals surface area contributed by atoms with Gasteiger partial charge in [0, 0.05) is 17.1 Å². The van der Waals surface area contributed by atoms with Crippen molar-refractivity contribution in [3.63, 3.8) is 0 Å². The first-order valence-electron chi connectivity index (χ1n) is 11.8. The number of nitrogens with two attached hydrogens (primary N) is 1. The Morgan fingerprint density at radius 2 is 1.81 bits per heavy atom. The van der Waals surface area contributed by atoms with Gasteiger partial charge in [-0.25, -0.2) is 9.66 Å². The van der Waals surface area contributed by atoms with E-state index in [4.69, 9.17) is 45.5 Å². The van der Waals surface area contributed by atoms with Crippen molar-refractivity contribution in [1.29, 1.82) is 0 Å². The van der Waals surface area contributed by atoms with Crippen molar-refractivity contribution in [3.8, 4) is 0 Å². The van der Waals surface area contributed by atoms with Crippen LogP contribution in [-0.4, -0.2) is 33.6 Å². The summed E-state index contributed by atoms with van der Waals surface area (Å²) in [6.07, 6.45) is 1.03. The molecule has 0 aliphatic rings. The van der Waals surface area contributed by atoms with Crippen LogP contribution in [0.5, 0.6) is 0 Å². The maximum atomic E-state index is 13.8. The van der Waals surface area contributed by atoms with E-state index in [9.17, 15) is 9.59 Å². The van der Waals surface area contributed by atoms with Crippen molar-refractivity contribution in [1.82, 2.24) is 14.6 Å². The monoisotopic (exact) mass is 557 g/mol.